The van der Waals surface area contributed by atoms with Crippen LogP contribution in [0.3, 0.4) is 0 Å². The summed E-state index contributed by atoms with van der Waals surface area (Å²) in [6, 6.07) is 7.98. The third-order valence-corrected chi connectivity index (χ3v) is 3.31. The number of aromatic amines is 1. The van der Waals surface area contributed by atoms with Crippen LogP contribution < -0.4 is 5.32 Å². The minimum absolute atomic E-state index is 0.0494. The van der Waals surface area contributed by atoms with Crippen molar-refractivity contribution in [2.75, 3.05) is 0 Å². The fourth-order valence-corrected chi connectivity index (χ4v) is 1.99. The summed E-state index contributed by atoms with van der Waals surface area (Å²) in [5, 5.41) is 3.98. The minimum atomic E-state index is -0.0494. The number of carbonyl (C=O) groups is 1. The molecular weight excluding hydrogens is 280 g/mol. The van der Waals surface area contributed by atoms with E-state index in [-0.39, 0.29) is 11.9 Å². The first-order chi connectivity index (χ1) is 8.10. The van der Waals surface area contributed by atoms with Crippen LogP contribution in [0.1, 0.15) is 30.8 Å². The Morgan fingerprint density at radius 2 is 2.24 bits per heavy atom. The number of benzene rings is 1. The Hall–Kier alpha value is -1.29. The van der Waals surface area contributed by atoms with Gasteiger partial charge in [0, 0.05) is 21.4 Å². The van der Waals surface area contributed by atoms with Gasteiger partial charge in [0.1, 0.15) is 5.69 Å². The summed E-state index contributed by atoms with van der Waals surface area (Å²) < 4.78 is 1.00. The number of hydrogen-bond donors (Lipinski definition) is 2. The second kappa shape index (κ2) is 4.92. The third-order valence-electron chi connectivity index (χ3n) is 2.82. The standard InChI is InChI=1S/C13H15BrN2O/c1-3-8(2)15-13(17)12-6-9-4-5-10(14)7-11(9)16-12/h4-8,16H,3H2,1-2H3,(H,15,17). The maximum absolute atomic E-state index is 11.9. The van der Waals surface area contributed by atoms with Crippen molar-refractivity contribution in [3.8, 4) is 0 Å². The van der Waals surface area contributed by atoms with Gasteiger partial charge < -0.3 is 10.3 Å². The van der Waals surface area contributed by atoms with E-state index in [4.69, 9.17) is 0 Å². The molecule has 2 N–H and O–H groups in total. The highest BCUT2D eigenvalue weighted by atomic mass is 79.9. The average molecular weight is 295 g/mol. The van der Waals surface area contributed by atoms with Gasteiger partial charge in [0.05, 0.1) is 0 Å². The first-order valence-electron chi connectivity index (χ1n) is 5.69. The summed E-state index contributed by atoms with van der Waals surface area (Å²) in [4.78, 5) is 15.0. The molecule has 1 heterocycles. The Labute approximate surface area is 109 Å². The Morgan fingerprint density at radius 3 is 2.94 bits per heavy atom. The molecule has 0 radical (unpaired) electrons. The van der Waals surface area contributed by atoms with Gasteiger partial charge in [0.15, 0.2) is 0 Å². The van der Waals surface area contributed by atoms with Crippen molar-refractivity contribution >= 4 is 32.7 Å². The molecule has 0 fully saturated rings. The number of carbonyl (C=O) groups excluding carboxylic acids is 1. The molecule has 90 valence electrons. The van der Waals surface area contributed by atoms with Crippen LogP contribution >= 0.6 is 15.9 Å². The Kier molecular flexibility index (Phi) is 3.52. The molecule has 2 aromatic rings. The SMILES string of the molecule is CCC(C)NC(=O)c1cc2ccc(Br)cc2[nH]1. The van der Waals surface area contributed by atoms with E-state index < -0.39 is 0 Å². The van der Waals surface area contributed by atoms with E-state index in [1.54, 1.807) is 0 Å². The number of amides is 1. The van der Waals surface area contributed by atoms with Gasteiger partial charge >= 0.3 is 0 Å². The van der Waals surface area contributed by atoms with Crippen LogP contribution in [-0.4, -0.2) is 16.9 Å². The van der Waals surface area contributed by atoms with Crippen molar-refractivity contribution in [3.05, 3.63) is 34.4 Å². The molecule has 1 aromatic heterocycles. The Balaban J connectivity index is 2.27. The number of aromatic nitrogens is 1. The van der Waals surface area contributed by atoms with E-state index in [1.807, 2.05) is 38.1 Å². The molecule has 2 rings (SSSR count). The van der Waals surface area contributed by atoms with E-state index in [0.29, 0.717) is 5.69 Å². The summed E-state index contributed by atoms with van der Waals surface area (Å²) in [5.41, 5.74) is 1.58. The molecule has 0 saturated carbocycles. The van der Waals surface area contributed by atoms with Gasteiger partial charge in [0.25, 0.3) is 5.91 Å². The van der Waals surface area contributed by atoms with E-state index in [0.717, 1.165) is 21.8 Å². The van der Waals surface area contributed by atoms with Crippen LogP contribution in [0.2, 0.25) is 0 Å². The molecule has 1 amide bonds. The first-order valence-corrected chi connectivity index (χ1v) is 6.48. The zero-order valence-electron chi connectivity index (χ0n) is 9.88. The predicted molar refractivity (Wildman–Crippen MR) is 73.2 cm³/mol. The van der Waals surface area contributed by atoms with Crippen LogP contribution in [0, 0.1) is 0 Å². The highest BCUT2D eigenvalue weighted by Gasteiger charge is 2.11. The second-order valence-electron chi connectivity index (χ2n) is 4.20. The normalized spacial score (nSPS) is 12.6. The van der Waals surface area contributed by atoms with E-state index in [1.165, 1.54) is 0 Å². The van der Waals surface area contributed by atoms with Crippen molar-refractivity contribution in [1.29, 1.82) is 0 Å². The molecule has 0 spiro atoms. The van der Waals surface area contributed by atoms with Crippen molar-refractivity contribution in [2.45, 2.75) is 26.3 Å². The van der Waals surface area contributed by atoms with Crippen LogP contribution in [-0.2, 0) is 0 Å². The molecule has 0 aliphatic heterocycles. The summed E-state index contributed by atoms with van der Waals surface area (Å²) in [7, 11) is 0. The monoisotopic (exact) mass is 294 g/mol. The third kappa shape index (κ3) is 2.69. The molecule has 3 nitrogen and oxygen atoms in total. The smallest absolute Gasteiger partial charge is 0.267 e. The minimum Gasteiger partial charge on any atom is -0.350 e. The maximum Gasteiger partial charge on any atom is 0.267 e. The summed E-state index contributed by atoms with van der Waals surface area (Å²) in [6.07, 6.45) is 0.928. The van der Waals surface area contributed by atoms with Crippen LogP contribution in [0.15, 0.2) is 28.7 Å². The Morgan fingerprint density at radius 1 is 1.47 bits per heavy atom. The molecule has 17 heavy (non-hydrogen) atoms. The molecule has 0 bridgehead atoms. The van der Waals surface area contributed by atoms with Gasteiger partial charge in [-0.1, -0.05) is 28.9 Å². The van der Waals surface area contributed by atoms with Gasteiger partial charge in [-0.2, -0.15) is 0 Å². The van der Waals surface area contributed by atoms with E-state index in [2.05, 4.69) is 26.2 Å². The maximum atomic E-state index is 11.9. The first kappa shape index (κ1) is 12.2. The number of hydrogen-bond acceptors (Lipinski definition) is 1. The van der Waals surface area contributed by atoms with Crippen molar-refractivity contribution in [1.82, 2.24) is 10.3 Å². The van der Waals surface area contributed by atoms with Crippen molar-refractivity contribution in [3.63, 3.8) is 0 Å². The molecular formula is C13H15BrN2O. The quantitative estimate of drug-likeness (QED) is 0.895. The Bertz CT molecular complexity index is 547. The van der Waals surface area contributed by atoms with Crippen LogP contribution in [0.5, 0.6) is 0 Å². The fourth-order valence-electron chi connectivity index (χ4n) is 1.63. The van der Waals surface area contributed by atoms with Crippen LogP contribution in [0.25, 0.3) is 10.9 Å². The van der Waals surface area contributed by atoms with Gasteiger partial charge in [-0.25, -0.2) is 0 Å². The number of H-pyrrole nitrogens is 1. The predicted octanol–water partition coefficient (Wildman–Crippen LogP) is 3.46. The number of rotatable bonds is 3. The average Bonchev–Trinajstić information content (AvgIpc) is 2.71. The number of halogens is 1. The number of nitrogens with one attached hydrogen (secondary N) is 2. The van der Waals surface area contributed by atoms with Crippen LogP contribution in [0.4, 0.5) is 0 Å². The van der Waals surface area contributed by atoms with E-state index in [9.17, 15) is 4.79 Å². The van der Waals surface area contributed by atoms with Crippen molar-refractivity contribution in [2.24, 2.45) is 0 Å². The lowest BCUT2D eigenvalue weighted by molar-refractivity contribution is 0.0935. The van der Waals surface area contributed by atoms with Gasteiger partial charge in [0.2, 0.25) is 0 Å². The summed E-state index contributed by atoms with van der Waals surface area (Å²) >= 11 is 3.41. The van der Waals surface area contributed by atoms with Gasteiger partial charge in [-0.05, 0) is 31.5 Å². The number of fused-ring (bicyclic) bond motifs is 1. The zero-order valence-corrected chi connectivity index (χ0v) is 11.5. The molecule has 0 aliphatic carbocycles. The molecule has 4 heteroatoms. The fraction of sp³-hybridized carbons (Fsp3) is 0.308. The van der Waals surface area contributed by atoms with Gasteiger partial charge in [-0.15, -0.1) is 0 Å². The highest BCUT2D eigenvalue weighted by Crippen LogP contribution is 2.20. The highest BCUT2D eigenvalue weighted by molar-refractivity contribution is 9.10. The zero-order chi connectivity index (χ0) is 12.4. The summed E-state index contributed by atoms with van der Waals surface area (Å²) in [5.74, 6) is -0.0494. The molecule has 0 aliphatic rings. The van der Waals surface area contributed by atoms with E-state index >= 15 is 0 Å². The van der Waals surface area contributed by atoms with Gasteiger partial charge in [-0.3, -0.25) is 4.79 Å². The molecule has 1 atom stereocenters. The molecule has 1 aromatic carbocycles. The lowest BCUT2D eigenvalue weighted by Crippen LogP contribution is -2.32. The molecule has 0 saturated heterocycles. The summed E-state index contributed by atoms with van der Waals surface area (Å²) in [6.45, 7) is 4.05. The second-order valence-corrected chi connectivity index (χ2v) is 5.11. The lowest BCUT2D eigenvalue weighted by Gasteiger charge is -2.09. The van der Waals surface area contributed by atoms with Crippen molar-refractivity contribution < 1.29 is 4.79 Å². The topological polar surface area (TPSA) is 44.9 Å². The largest absolute Gasteiger partial charge is 0.350 e. The molecule has 1 unspecified atom stereocenters. The lowest BCUT2D eigenvalue weighted by atomic mass is 10.2.